The second kappa shape index (κ2) is 14.0. The summed E-state index contributed by atoms with van der Waals surface area (Å²) in [6.07, 6.45) is 4.32. The molecule has 1 aliphatic rings. The summed E-state index contributed by atoms with van der Waals surface area (Å²) in [5.41, 5.74) is 5.15. The van der Waals surface area contributed by atoms with Gasteiger partial charge in [-0.3, -0.25) is 9.97 Å². The highest BCUT2D eigenvalue weighted by Crippen LogP contribution is 2.31. The third-order valence-corrected chi connectivity index (χ3v) is 7.92. The van der Waals surface area contributed by atoms with Gasteiger partial charge < -0.3 is 14.4 Å². The summed E-state index contributed by atoms with van der Waals surface area (Å²) in [6, 6.07) is 23.2. The first-order chi connectivity index (χ1) is 20.9. The van der Waals surface area contributed by atoms with Crippen LogP contribution in [0.2, 0.25) is 5.02 Å². The molecule has 0 radical (unpaired) electrons. The molecule has 0 N–H and O–H groups in total. The van der Waals surface area contributed by atoms with Crippen molar-refractivity contribution in [3.05, 3.63) is 111 Å². The van der Waals surface area contributed by atoms with Gasteiger partial charge in [0.25, 0.3) is 0 Å². The van der Waals surface area contributed by atoms with E-state index in [0.29, 0.717) is 30.3 Å². The van der Waals surface area contributed by atoms with Gasteiger partial charge in [0.15, 0.2) is 0 Å². The van der Waals surface area contributed by atoms with Crippen LogP contribution in [-0.4, -0.2) is 48.2 Å². The maximum Gasteiger partial charge on any atom is 0.338 e. The molecule has 220 valence electrons. The van der Waals surface area contributed by atoms with Crippen molar-refractivity contribution >= 4 is 67.0 Å². The molecule has 0 amide bonds. The average molecular weight is 661 g/mol. The molecule has 5 aromatic rings. The summed E-state index contributed by atoms with van der Waals surface area (Å²) in [6.45, 7) is 6.34. The molecule has 0 unspecified atom stereocenters. The third-order valence-electron chi connectivity index (χ3n) is 7.18. The van der Waals surface area contributed by atoms with Crippen LogP contribution in [0.5, 0.6) is 0 Å². The number of halogens is 2. The number of carbonyl (C=O) groups is 2. The van der Waals surface area contributed by atoms with Crippen molar-refractivity contribution in [3.63, 3.8) is 0 Å². The number of nitrogens with zero attached hydrogens (tertiary/aromatic N) is 3. The van der Waals surface area contributed by atoms with Crippen LogP contribution in [0, 0.1) is 5.92 Å². The number of ether oxygens (including phenoxy) is 2. The molecular weight excluding hydrogens is 630 g/mol. The summed E-state index contributed by atoms with van der Waals surface area (Å²) in [5, 5.41) is 2.42. The Kier molecular flexibility index (Phi) is 9.89. The largest absolute Gasteiger partial charge is 0.462 e. The van der Waals surface area contributed by atoms with Crippen LogP contribution in [0.15, 0.2) is 89.7 Å². The number of esters is 2. The molecule has 0 atom stereocenters. The first-order valence-electron chi connectivity index (χ1n) is 14.1. The van der Waals surface area contributed by atoms with Crippen LogP contribution in [0.3, 0.4) is 0 Å². The topological polar surface area (TPSA) is 81.6 Å². The molecule has 6 rings (SSSR count). The predicted molar refractivity (Wildman–Crippen MR) is 174 cm³/mol. The van der Waals surface area contributed by atoms with Crippen LogP contribution in [-0.2, 0) is 15.9 Å². The van der Waals surface area contributed by atoms with Gasteiger partial charge in [0.2, 0.25) is 0 Å². The highest BCUT2D eigenvalue weighted by molar-refractivity contribution is 9.10. The van der Waals surface area contributed by atoms with Crippen LogP contribution < -0.4 is 4.90 Å². The molecule has 0 bridgehead atoms. The Balaban J connectivity index is 0.000000196. The second-order valence-electron chi connectivity index (χ2n) is 10.1. The highest BCUT2D eigenvalue weighted by atomic mass is 79.9. The van der Waals surface area contributed by atoms with Gasteiger partial charge in [0.05, 0.1) is 35.4 Å². The number of hydrogen-bond donors (Lipinski definition) is 0. The lowest BCUT2D eigenvalue weighted by molar-refractivity contribution is 0.0519. The van der Waals surface area contributed by atoms with Crippen molar-refractivity contribution in [2.45, 2.75) is 20.3 Å². The van der Waals surface area contributed by atoms with Crippen molar-refractivity contribution in [3.8, 4) is 0 Å². The molecule has 1 aliphatic heterocycles. The summed E-state index contributed by atoms with van der Waals surface area (Å²) >= 11 is 9.33. The fourth-order valence-electron chi connectivity index (χ4n) is 5.09. The van der Waals surface area contributed by atoms with Gasteiger partial charge in [0.1, 0.15) is 0 Å². The number of benzene rings is 3. The molecule has 3 aromatic carbocycles. The van der Waals surface area contributed by atoms with Crippen LogP contribution in [0.25, 0.3) is 21.8 Å². The molecule has 3 heterocycles. The smallest absolute Gasteiger partial charge is 0.338 e. The monoisotopic (exact) mass is 659 g/mol. The van der Waals surface area contributed by atoms with E-state index in [1.165, 1.54) is 5.56 Å². The molecule has 7 nitrogen and oxygen atoms in total. The minimum atomic E-state index is -0.312. The van der Waals surface area contributed by atoms with Crippen molar-refractivity contribution in [1.29, 1.82) is 0 Å². The van der Waals surface area contributed by atoms with Gasteiger partial charge in [-0.15, -0.1) is 0 Å². The molecular formula is C34H31BrClN3O4. The Morgan fingerprint density at radius 3 is 1.95 bits per heavy atom. The Morgan fingerprint density at radius 2 is 1.37 bits per heavy atom. The predicted octanol–water partition coefficient (Wildman–Crippen LogP) is 7.92. The van der Waals surface area contributed by atoms with E-state index in [0.717, 1.165) is 56.5 Å². The molecule has 1 fully saturated rings. The zero-order valence-corrected chi connectivity index (χ0v) is 26.3. The van der Waals surface area contributed by atoms with Crippen molar-refractivity contribution in [1.82, 2.24) is 9.97 Å². The van der Waals surface area contributed by atoms with Crippen molar-refractivity contribution in [2.75, 3.05) is 31.2 Å². The first kappa shape index (κ1) is 30.4. The molecule has 0 saturated carbocycles. The number of aromatic nitrogens is 2. The molecule has 0 spiro atoms. The van der Waals surface area contributed by atoms with E-state index in [1.54, 1.807) is 31.5 Å². The van der Waals surface area contributed by atoms with Crippen LogP contribution in [0.1, 0.15) is 40.1 Å². The number of carbonyl (C=O) groups excluding carboxylic acids is 2. The lowest BCUT2D eigenvalue weighted by Crippen LogP contribution is -2.47. The summed E-state index contributed by atoms with van der Waals surface area (Å²) in [4.78, 5) is 34.8. The number of fused-ring (bicyclic) bond motifs is 2. The minimum absolute atomic E-state index is 0.300. The van der Waals surface area contributed by atoms with Crippen molar-refractivity contribution < 1.29 is 19.1 Å². The second-order valence-corrected chi connectivity index (χ2v) is 11.5. The van der Waals surface area contributed by atoms with E-state index >= 15 is 0 Å². The van der Waals surface area contributed by atoms with Gasteiger partial charge in [-0.05, 0) is 92.4 Å². The Hall–Kier alpha value is -4.01. The van der Waals surface area contributed by atoms with E-state index in [2.05, 4.69) is 49.0 Å². The highest BCUT2D eigenvalue weighted by Gasteiger charge is 2.27. The zero-order valence-electron chi connectivity index (χ0n) is 23.9. The van der Waals surface area contributed by atoms with Crippen LogP contribution >= 0.6 is 27.5 Å². The number of anilines is 1. The fraction of sp³-hybridized carbons (Fsp3) is 0.235. The Labute approximate surface area is 263 Å². The molecule has 43 heavy (non-hydrogen) atoms. The minimum Gasteiger partial charge on any atom is -0.462 e. The Morgan fingerprint density at radius 1 is 0.814 bits per heavy atom. The quantitative estimate of drug-likeness (QED) is 0.164. The maximum absolute atomic E-state index is 12.2. The normalized spacial score (nSPS) is 12.8. The van der Waals surface area contributed by atoms with Gasteiger partial charge in [0, 0.05) is 51.4 Å². The first-order valence-corrected chi connectivity index (χ1v) is 15.3. The van der Waals surface area contributed by atoms with E-state index in [1.807, 2.05) is 49.4 Å². The van der Waals surface area contributed by atoms with E-state index in [4.69, 9.17) is 21.1 Å². The zero-order chi connectivity index (χ0) is 30.3. The molecule has 2 aromatic heterocycles. The average Bonchev–Trinajstić information content (AvgIpc) is 2.99. The Bertz CT molecular complexity index is 1760. The van der Waals surface area contributed by atoms with Gasteiger partial charge in [-0.2, -0.15) is 0 Å². The summed E-state index contributed by atoms with van der Waals surface area (Å²) in [5.74, 6) is 0.0135. The summed E-state index contributed by atoms with van der Waals surface area (Å²) in [7, 11) is 0. The lowest BCUT2D eigenvalue weighted by atomic mass is 9.91. The van der Waals surface area contributed by atoms with Gasteiger partial charge >= 0.3 is 11.9 Å². The lowest BCUT2D eigenvalue weighted by Gasteiger charge is -2.41. The summed E-state index contributed by atoms with van der Waals surface area (Å²) < 4.78 is 11.1. The van der Waals surface area contributed by atoms with Crippen molar-refractivity contribution in [2.24, 2.45) is 5.92 Å². The van der Waals surface area contributed by atoms with E-state index in [-0.39, 0.29) is 11.9 Å². The number of hydrogen-bond acceptors (Lipinski definition) is 7. The number of rotatable bonds is 7. The van der Waals surface area contributed by atoms with E-state index in [9.17, 15) is 9.59 Å². The molecule has 1 saturated heterocycles. The van der Waals surface area contributed by atoms with E-state index < -0.39 is 0 Å². The standard InChI is InChI=1S/C22H21ClN2O2.C12H10BrNO2/c1-2-27-22(26)19-9-10-24-21-8-7-18(12-20(19)21)25-13-16(14-25)11-15-3-5-17(23)6-4-15;1-2-16-12(15)9-5-6-14-11-4-3-8(13)7-10(9)11/h3-10,12,16H,2,11,13-14H2,1H3;3-7H,2H2,1H3. The van der Waals surface area contributed by atoms with Crippen LogP contribution in [0.4, 0.5) is 5.69 Å². The van der Waals surface area contributed by atoms with Gasteiger partial charge in [-0.25, -0.2) is 9.59 Å². The molecule has 0 aliphatic carbocycles. The fourth-order valence-corrected chi connectivity index (χ4v) is 5.57. The maximum atomic E-state index is 12.2. The van der Waals surface area contributed by atoms with Gasteiger partial charge in [-0.1, -0.05) is 39.7 Å². The third kappa shape index (κ3) is 7.32. The SMILES string of the molecule is CCOC(=O)c1ccnc2ccc(Br)cc12.CCOC(=O)c1ccnc2ccc(N3CC(Cc4ccc(Cl)cc4)C3)cc12. The number of pyridine rings is 2. The molecule has 9 heteroatoms.